The van der Waals surface area contributed by atoms with Crippen LogP contribution in [0.3, 0.4) is 0 Å². The monoisotopic (exact) mass is 571 g/mol. The van der Waals surface area contributed by atoms with Gasteiger partial charge in [-0.05, 0) is 134 Å². The number of nitrogens with zero attached hydrogens (tertiary/aromatic N) is 1. The molecule has 1 amide bonds. The Balaban J connectivity index is 1.13. The lowest BCUT2D eigenvalue weighted by Gasteiger charge is -2.62. The zero-order valence-corrected chi connectivity index (χ0v) is 24.5. The summed E-state index contributed by atoms with van der Waals surface area (Å²) in [7, 11) is 0. The first kappa shape index (κ1) is 26.3. The molecule has 1 aliphatic heterocycles. The van der Waals surface area contributed by atoms with Gasteiger partial charge in [-0.1, -0.05) is 36.7 Å². The fraction of sp³-hybridized carbons (Fsp3) is 0.781. The summed E-state index contributed by atoms with van der Waals surface area (Å²) in [6.07, 6.45) is 10.9. The fourth-order valence-electron chi connectivity index (χ4n) is 10.5. The van der Waals surface area contributed by atoms with E-state index in [9.17, 15) is 15.0 Å². The van der Waals surface area contributed by atoms with E-state index in [-0.39, 0.29) is 28.9 Å². The van der Waals surface area contributed by atoms with Crippen molar-refractivity contribution in [1.82, 2.24) is 0 Å². The molecule has 0 saturated heterocycles. The second-order valence-corrected chi connectivity index (χ2v) is 15.0. The maximum absolute atomic E-state index is 13.3. The second-order valence-electron chi connectivity index (χ2n) is 14.0. The summed E-state index contributed by atoms with van der Waals surface area (Å²) in [4.78, 5) is 15.3. The van der Waals surface area contributed by atoms with Crippen molar-refractivity contribution in [1.29, 1.82) is 0 Å². The molecule has 204 valence electrons. The zero-order chi connectivity index (χ0) is 26.1. The quantitative estimate of drug-likeness (QED) is 0.420. The molecule has 6 rings (SSSR count). The van der Waals surface area contributed by atoms with E-state index in [0.29, 0.717) is 41.9 Å². The number of anilines is 1. The van der Waals surface area contributed by atoms with Gasteiger partial charge in [0.1, 0.15) is 0 Å². The SMILES string of the molecule is C[C@H](CCC(=O)N1CCc2cc(Br)ccc21)[C@H]1CC[C@H]2[C@@H]3[C@H](O)C[C@@H]4C[C@H](O)CC[C@]4(C)[C@H]3CC[C@]12C. The summed E-state index contributed by atoms with van der Waals surface area (Å²) < 4.78 is 1.08. The molecular formula is C32H46BrNO3. The third-order valence-corrected chi connectivity index (χ3v) is 13.0. The number of rotatable bonds is 4. The molecule has 37 heavy (non-hydrogen) atoms. The van der Waals surface area contributed by atoms with E-state index in [2.05, 4.69) is 48.8 Å². The Morgan fingerprint density at radius 3 is 2.65 bits per heavy atom. The molecule has 10 atom stereocenters. The van der Waals surface area contributed by atoms with E-state index < -0.39 is 0 Å². The van der Waals surface area contributed by atoms with Gasteiger partial charge in [0.2, 0.25) is 5.91 Å². The van der Waals surface area contributed by atoms with Gasteiger partial charge in [-0.3, -0.25) is 4.79 Å². The van der Waals surface area contributed by atoms with Crippen LogP contribution in [0.5, 0.6) is 0 Å². The molecule has 0 spiro atoms. The molecule has 1 aromatic rings. The van der Waals surface area contributed by atoms with E-state index in [0.717, 1.165) is 55.2 Å². The van der Waals surface area contributed by atoms with Gasteiger partial charge in [-0.15, -0.1) is 0 Å². The number of benzene rings is 1. The molecule has 2 N–H and O–H groups in total. The molecule has 4 aliphatic carbocycles. The maximum Gasteiger partial charge on any atom is 0.227 e. The van der Waals surface area contributed by atoms with Gasteiger partial charge in [-0.2, -0.15) is 0 Å². The molecule has 0 aromatic heterocycles. The Bertz CT molecular complexity index is 1040. The summed E-state index contributed by atoms with van der Waals surface area (Å²) in [5.74, 6) is 3.51. The fourth-order valence-corrected chi connectivity index (χ4v) is 10.9. The summed E-state index contributed by atoms with van der Waals surface area (Å²) in [5.41, 5.74) is 2.92. The van der Waals surface area contributed by atoms with Crippen molar-refractivity contribution < 1.29 is 15.0 Å². The molecule has 5 aliphatic rings. The number of hydrogen-bond acceptors (Lipinski definition) is 3. The van der Waals surface area contributed by atoms with Crippen LogP contribution in [-0.4, -0.2) is 34.9 Å². The van der Waals surface area contributed by atoms with Crippen LogP contribution >= 0.6 is 15.9 Å². The van der Waals surface area contributed by atoms with Gasteiger partial charge in [0.25, 0.3) is 0 Å². The predicted molar refractivity (Wildman–Crippen MR) is 151 cm³/mol. The highest BCUT2D eigenvalue weighted by atomic mass is 79.9. The first-order valence-electron chi connectivity index (χ1n) is 15.1. The summed E-state index contributed by atoms with van der Waals surface area (Å²) in [6.45, 7) is 8.22. The second kappa shape index (κ2) is 9.63. The first-order valence-corrected chi connectivity index (χ1v) is 15.9. The Labute approximate surface area is 231 Å². The van der Waals surface area contributed by atoms with Gasteiger partial charge in [-0.25, -0.2) is 0 Å². The normalized spacial score (nSPS) is 43.5. The van der Waals surface area contributed by atoms with Crippen LogP contribution in [0.15, 0.2) is 22.7 Å². The Hall–Kier alpha value is -0.910. The van der Waals surface area contributed by atoms with Crippen molar-refractivity contribution in [3.63, 3.8) is 0 Å². The van der Waals surface area contributed by atoms with E-state index in [1.165, 1.54) is 31.2 Å². The topological polar surface area (TPSA) is 60.8 Å². The van der Waals surface area contributed by atoms with Crippen molar-refractivity contribution in [2.75, 3.05) is 11.4 Å². The standard InChI is InChI=1S/C32H46BrNO3/c1-19(4-9-29(37)34-15-12-20-16-22(33)5-8-27(20)34)24-6-7-25-30-26(11-14-32(24,25)3)31(2)13-10-23(35)17-21(31)18-28(30)36/h5,8,16,19,21,23-26,28,30,35-36H,4,6-7,9-15,17-18H2,1-3H3/t19-,21+,23-,24-,25+,26+,28-,30+,31+,32-/m1/s1. The molecular weight excluding hydrogens is 526 g/mol. The summed E-state index contributed by atoms with van der Waals surface area (Å²) >= 11 is 3.56. The van der Waals surface area contributed by atoms with Crippen molar-refractivity contribution in [3.05, 3.63) is 28.2 Å². The molecule has 1 heterocycles. The summed E-state index contributed by atoms with van der Waals surface area (Å²) in [5, 5.41) is 21.8. The molecule has 4 saturated carbocycles. The number of carbonyl (C=O) groups is 1. The smallest absolute Gasteiger partial charge is 0.227 e. The third-order valence-electron chi connectivity index (χ3n) is 12.5. The van der Waals surface area contributed by atoms with E-state index >= 15 is 0 Å². The van der Waals surface area contributed by atoms with Crippen LogP contribution in [-0.2, 0) is 11.2 Å². The Morgan fingerprint density at radius 1 is 1.08 bits per heavy atom. The third kappa shape index (κ3) is 4.25. The Morgan fingerprint density at radius 2 is 1.84 bits per heavy atom. The van der Waals surface area contributed by atoms with Crippen LogP contribution in [0.2, 0.25) is 0 Å². The molecule has 4 fully saturated rings. The minimum atomic E-state index is -0.219. The number of hydrogen-bond donors (Lipinski definition) is 2. The van der Waals surface area contributed by atoms with Gasteiger partial charge in [0.15, 0.2) is 0 Å². The molecule has 0 unspecified atom stereocenters. The molecule has 5 heteroatoms. The molecule has 4 nitrogen and oxygen atoms in total. The van der Waals surface area contributed by atoms with Gasteiger partial charge in [0, 0.05) is 23.1 Å². The van der Waals surface area contributed by atoms with E-state index in [1.807, 2.05) is 11.0 Å². The van der Waals surface area contributed by atoms with Crippen LogP contribution < -0.4 is 4.90 Å². The van der Waals surface area contributed by atoms with Gasteiger partial charge in [0.05, 0.1) is 12.2 Å². The largest absolute Gasteiger partial charge is 0.393 e. The van der Waals surface area contributed by atoms with Crippen LogP contribution in [0.4, 0.5) is 5.69 Å². The van der Waals surface area contributed by atoms with E-state index in [4.69, 9.17) is 0 Å². The lowest BCUT2D eigenvalue weighted by molar-refractivity contribution is -0.174. The van der Waals surface area contributed by atoms with Crippen LogP contribution in [0, 0.1) is 46.3 Å². The average molecular weight is 573 g/mol. The van der Waals surface area contributed by atoms with Crippen molar-refractivity contribution in [3.8, 4) is 0 Å². The van der Waals surface area contributed by atoms with Crippen molar-refractivity contribution in [2.24, 2.45) is 46.3 Å². The maximum atomic E-state index is 13.3. The number of amides is 1. The number of halogens is 1. The molecule has 0 bridgehead atoms. The van der Waals surface area contributed by atoms with Crippen LogP contribution in [0.25, 0.3) is 0 Å². The number of fused-ring (bicyclic) bond motifs is 6. The highest BCUT2D eigenvalue weighted by Crippen LogP contribution is 2.68. The summed E-state index contributed by atoms with van der Waals surface area (Å²) in [6, 6.07) is 6.28. The highest BCUT2D eigenvalue weighted by Gasteiger charge is 2.62. The molecule has 0 radical (unpaired) electrons. The molecule has 1 aromatic carbocycles. The minimum absolute atomic E-state index is 0.175. The Kier molecular flexibility index (Phi) is 6.85. The predicted octanol–water partition coefficient (Wildman–Crippen LogP) is 6.75. The first-order chi connectivity index (χ1) is 17.6. The number of carbonyl (C=O) groups excluding carboxylic acids is 1. The average Bonchev–Trinajstić information content (AvgIpc) is 3.44. The minimum Gasteiger partial charge on any atom is -0.393 e. The zero-order valence-electron chi connectivity index (χ0n) is 23.0. The van der Waals surface area contributed by atoms with Gasteiger partial charge >= 0.3 is 0 Å². The lowest BCUT2D eigenvalue weighted by Crippen LogP contribution is -2.58. The van der Waals surface area contributed by atoms with Crippen LogP contribution in [0.1, 0.15) is 90.5 Å². The number of aliphatic hydroxyl groups is 2. The van der Waals surface area contributed by atoms with Crippen molar-refractivity contribution in [2.45, 2.75) is 104 Å². The number of aliphatic hydroxyl groups excluding tert-OH is 2. The van der Waals surface area contributed by atoms with Gasteiger partial charge < -0.3 is 15.1 Å². The highest BCUT2D eigenvalue weighted by molar-refractivity contribution is 9.10. The van der Waals surface area contributed by atoms with E-state index in [1.54, 1.807) is 0 Å². The lowest BCUT2D eigenvalue weighted by atomic mass is 9.43. The van der Waals surface area contributed by atoms with Crippen molar-refractivity contribution >= 4 is 27.5 Å².